The average Bonchev–Trinajstić information content (AvgIpc) is 3.25. The van der Waals surface area contributed by atoms with Crippen molar-refractivity contribution >= 4 is 28.9 Å². The molecule has 4 aromatic rings. The summed E-state index contributed by atoms with van der Waals surface area (Å²) in [6.07, 6.45) is 0. The van der Waals surface area contributed by atoms with Crippen molar-refractivity contribution < 1.29 is 14.7 Å². The van der Waals surface area contributed by atoms with Crippen LogP contribution in [-0.2, 0) is 0 Å². The molecule has 5 nitrogen and oxygen atoms in total. The van der Waals surface area contributed by atoms with Crippen molar-refractivity contribution in [2.45, 2.75) is 0 Å². The Balaban J connectivity index is 1.51. The van der Waals surface area contributed by atoms with Crippen LogP contribution in [0.2, 0.25) is 0 Å². The highest BCUT2D eigenvalue weighted by Crippen LogP contribution is 2.29. The molecular formula is C23H15N2O3S-. The summed E-state index contributed by atoms with van der Waals surface area (Å²) in [5.74, 6) is -1.89. The second-order valence-corrected chi connectivity index (χ2v) is 7.13. The first-order chi connectivity index (χ1) is 14.1. The predicted octanol–water partition coefficient (Wildman–Crippen LogP) is 4.09. The Morgan fingerprint density at radius 2 is 1.45 bits per heavy atom. The third-order valence-electron chi connectivity index (χ3n) is 4.36. The second-order valence-electron chi connectivity index (χ2n) is 6.27. The van der Waals surface area contributed by atoms with Gasteiger partial charge in [0.25, 0.3) is 5.91 Å². The highest BCUT2D eigenvalue weighted by Gasteiger charge is 2.12. The van der Waals surface area contributed by atoms with Gasteiger partial charge in [0.1, 0.15) is 5.01 Å². The van der Waals surface area contributed by atoms with E-state index in [0.29, 0.717) is 5.69 Å². The number of carbonyl (C=O) groups is 2. The second kappa shape index (κ2) is 8.08. The molecule has 4 rings (SSSR count). The van der Waals surface area contributed by atoms with Crippen LogP contribution in [0.1, 0.15) is 20.7 Å². The fourth-order valence-corrected chi connectivity index (χ4v) is 3.74. The summed E-state index contributed by atoms with van der Waals surface area (Å²) in [6, 6.07) is 23.2. The van der Waals surface area contributed by atoms with Gasteiger partial charge in [-0.1, -0.05) is 60.7 Å². The number of amides is 1. The number of carbonyl (C=O) groups excluding carboxylic acids is 2. The van der Waals surface area contributed by atoms with Crippen LogP contribution in [0.15, 0.2) is 84.2 Å². The van der Waals surface area contributed by atoms with Crippen molar-refractivity contribution in [3.05, 3.63) is 95.4 Å². The van der Waals surface area contributed by atoms with Gasteiger partial charge in [-0.25, -0.2) is 4.98 Å². The summed E-state index contributed by atoms with van der Waals surface area (Å²) in [7, 11) is 0. The molecule has 0 aliphatic rings. The number of anilines is 1. The highest BCUT2D eigenvalue weighted by molar-refractivity contribution is 7.13. The number of benzene rings is 3. The van der Waals surface area contributed by atoms with E-state index in [2.05, 4.69) is 10.3 Å². The fourth-order valence-electron chi connectivity index (χ4n) is 2.90. The normalized spacial score (nSPS) is 10.5. The fraction of sp³-hybridized carbons (Fsp3) is 0. The van der Waals surface area contributed by atoms with Gasteiger partial charge in [0, 0.05) is 33.3 Å². The monoisotopic (exact) mass is 399 g/mol. The number of aromatic nitrogens is 1. The summed E-state index contributed by atoms with van der Waals surface area (Å²) >= 11 is 1.57. The number of aromatic carboxylic acids is 1. The van der Waals surface area contributed by atoms with Crippen molar-refractivity contribution in [2.75, 3.05) is 5.32 Å². The van der Waals surface area contributed by atoms with Gasteiger partial charge in [-0.3, -0.25) is 4.79 Å². The zero-order valence-corrected chi connectivity index (χ0v) is 16.0. The van der Waals surface area contributed by atoms with E-state index in [1.807, 2.05) is 47.8 Å². The Bertz CT molecular complexity index is 1170. The van der Waals surface area contributed by atoms with Crippen LogP contribution in [0, 0.1) is 0 Å². The number of rotatable bonds is 5. The molecule has 29 heavy (non-hydrogen) atoms. The maximum Gasteiger partial charge on any atom is 0.256 e. The SMILES string of the molecule is O=C([O-])c1ccccc1C(=O)Nc1ccc(-c2csc(-c3ccccc3)n2)cc1. The zero-order chi connectivity index (χ0) is 20.2. The molecule has 142 valence electrons. The molecule has 0 radical (unpaired) electrons. The van der Waals surface area contributed by atoms with E-state index in [-0.39, 0.29) is 11.1 Å². The summed E-state index contributed by atoms with van der Waals surface area (Å²) in [5.41, 5.74) is 3.33. The van der Waals surface area contributed by atoms with Crippen molar-refractivity contribution in [1.82, 2.24) is 4.98 Å². The molecular weight excluding hydrogens is 384 g/mol. The van der Waals surface area contributed by atoms with E-state index in [4.69, 9.17) is 0 Å². The third-order valence-corrected chi connectivity index (χ3v) is 5.25. The number of carboxylic acid groups (broad SMARTS) is 1. The van der Waals surface area contributed by atoms with Gasteiger partial charge in [0.05, 0.1) is 11.7 Å². The molecule has 0 aliphatic carbocycles. The van der Waals surface area contributed by atoms with E-state index < -0.39 is 11.9 Å². The van der Waals surface area contributed by atoms with Gasteiger partial charge in [-0.05, 0) is 18.2 Å². The molecule has 0 spiro atoms. The molecule has 1 heterocycles. The van der Waals surface area contributed by atoms with E-state index in [9.17, 15) is 14.7 Å². The molecule has 1 amide bonds. The van der Waals surface area contributed by atoms with E-state index in [1.54, 1.807) is 35.6 Å². The molecule has 1 N–H and O–H groups in total. The van der Waals surface area contributed by atoms with E-state index in [0.717, 1.165) is 21.8 Å². The Morgan fingerprint density at radius 1 is 0.793 bits per heavy atom. The Hall–Kier alpha value is -3.77. The molecule has 6 heteroatoms. The van der Waals surface area contributed by atoms with E-state index in [1.165, 1.54) is 12.1 Å². The van der Waals surface area contributed by atoms with Crippen LogP contribution in [0.5, 0.6) is 0 Å². The predicted molar refractivity (Wildman–Crippen MR) is 112 cm³/mol. The van der Waals surface area contributed by atoms with Gasteiger partial charge in [0.15, 0.2) is 0 Å². The Kier molecular flexibility index (Phi) is 5.18. The molecule has 0 saturated carbocycles. The maximum atomic E-state index is 12.4. The lowest BCUT2D eigenvalue weighted by atomic mass is 10.1. The maximum absolute atomic E-state index is 12.4. The first-order valence-electron chi connectivity index (χ1n) is 8.85. The summed E-state index contributed by atoms with van der Waals surface area (Å²) in [5, 5.41) is 16.8. The smallest absolute Gasteiger partial charge is 0.256 e. The van der Waals surface area contributed by atoms with E-state index >= 15 is 0 Å². The summed E-state index contributed by atoms with van der Waals surface area (Å²) in [6.45, 7) is 0. The van der Waals surface area contributed by atoms with Gasteiger partial charge >= 0.3 is 0 Å². The van der Waals surface area contributed by atoms with Crippen LogP contribution < -0.4 is 10.4 Å². The molecule has 3 aromatic carbocycles. The van der Waals surface area contributed by atoms with Crippen LogP contribution in [0.25, 0.3) is 21.8 Å². The topological polar surface area (TPSA) is 82.1 Å². The van der Waals surface area contributed by atoms with Crippen LogP contribution >= 0.6 is 11.3 Å². The van der Waals surface area contributed by atoms with Crippen LogP contribution in [-0.4, -0.2) is 16.9 Å². The standard InChI is InChI=1S/C23H16N2O3S/c26-21(18-8-4-5-9-19(18)23(27)28)24-17-12-10-15(11-13-17)20-14-29-22(25-20)16-6-2-1-3-7-16/h1-14H,(H,24,26)(H,27,28)/p-1. The lowest BCUT2D eigenvalue weighted by Crippen LogP contribution is -2.26. The zero-order valence-electron chi connectivity index (χ0n) is 15.2. The third kappa shape index (κ3) is 4.07. The number of nitrogens with zero attached hydrogens (tertiary/aromatic N) is 1. The van der Waals surface area contributed by atoms with Gasteiger partial charge < -0.3 is 15.2 Å². The molecule has 0 atom stereocenters. The Morgan fingerprint density at radius 3 is 2.14 bits per heavy atom. The molecule has 0 bridgehead atoms. The number of nitrogens with one attached hydrogen (secondary N) is 1. The summed E-state index contributed by atoms with van der Waals surface area (Å²) in [4.78, 5) is 28.3. The first kappa shape index (κ1) is 18.6. The van der Waals surface area contributed by atoms with Crippen molar-refractivity contribution in [3.8, 4) is 21.8 Å². The first-order valence-corrected chi connectivity index (χ1v) is 9.73. The highest BCUT2D eigenvalue weighted by atomic mass is 32.1. The number of carboxylic acids is 1. The Labute approximate surface area is 171 Å². The van der Waals surface area contributed by atoms with Crippen LogP contribution in [0.4, 0.5) is 5.69 Å². The molecule has 0 aliphatic heterocycles. The lowest BCUT2D eigenvalue weighted by Gasteiger charge is -2.11. The minimum absolute atomic E-state index is 0.0589. The molecule has 0 saturated heterocycles. The minimum atomic E-state index is -1.39. The van der Waals surface area contributed by atoms with Gasteiger partial charge in [-0.15, -0.1) is 11.3 Å². The quantitative estimate of drug-likeness (QED) is 0.548. The number of hydrogen-bond donors (Lipinski definition) is 1. The number of hydrogen-bond acceptors (Lipinski definition) is 5. The lowest BCUT2D eigenvalue weighted by molar-refractivity contribution is -0.255. The van der Waals surface area contributed by atoms with Gasteiger partial charge in [-0.2, -0.15) is 0 Å². The van der Waals surface area contributed by atoms with Crippen LogP contribution in [0.3, 0.4) is 0 Å². The summed E-state index contributed by atoms with van der Waals surface area (Å²) < 4.78 is 0. The average molecular weight is 399 g/mol. The molecule has 1 aromatic heterocycles. The number of thiazole rings is 1. The van der Waals surface area contributed by atoms with Crippen molar-refractivity contribution in [2.24, 2.45) is 0 Å². The largest absolute Gasteiger partial charge is 0.545 e. The molecule has 0 fully saturated rings. The van der Waals surface area contributed by atoms with Crippen molar-refractivity contribution in [1.29, 1.82) is 0 Å². The molecule has 0 unspecified atom stereocenters. The van der Waals surface area contributed by atoms with Crippen molar-refractivity contribution in [3.63, 3.8) is 0 Å². The van der Waals surface area contributed by atoms with Gasteiger partial charge in [0.2, 0.25) is 0 Å². The minimum Gasteiger partial charge on any atom is -0.545 e.